The highest BCUT2D eigenvalue weighted by molar-refractivity contribution is 5.98. The van der Waals surface area contributed by atoms with Gasteiger partial charge in [-0.05, 0) is 26.7 Å². The number of aromatic hydroxyl groups is 1. The summed E-state index contributed by atoms with van der Waals surface area (Å²) in [7, 11) is 1.43. The number of aliphatic carboxylic acids is 1. The van der Waals surface area contributed by atoms with Gasteiger partial charge in [0.2, 0.25) is 6.29 Å². The van der Waals surface area contributed by atoms with E-state index in [9.17, 15) is 19.8 Å². The number of aliphatic hydroxyl groups is 1. The summed E-state index contributed by atoms with van der Waals surface area (Å²) in [5.74, 6) is -1.58. The van der Waals surface area contributed by atoms with Crippen LogP contribution in [-0.2, 0) is 16.0 Å². The van der Waals surface area contributed by atoms with Gasteiger partial charge in [0, 0.05) is 23.1 Å². The van der Waals surface area contributed by atoms with Crippen LogP contribution in [0.4, 0.5) is 0 Å². The number of benzene rings is 1. The number of esters is 1. The minimum absolute atomic E-state index is 0.0210. The molecule has 3 N–H and O–H groups in total. The Kier molecular flexibility index (Phi) is 5.14. The Hall–Kier alpha value is -2.54. The van der Waals surface area contributed by atoms with Crippen LogP contribution in [0, 0.1) is 6.92 Å². The Balaban J connectivity index is 2.42. The molecule has 130 valence electrons. The third kappa shape index (κ3) is 3.21. The first-order chi connectivity index (χ1) is 11.3. The number of hydrogen-bond donors (Lipinski definition) is 3. The van der Waals surface area contributed by atoms with Crippen LogP contribution in [0.3, 0.4) is 0 Å². The Bertz CT molecular complexity index is 718. The van der Waals surface area contributed by atoms with Crippen molar-refractivity contribution in [2.75, 3.05) is 7.11 Å². The van der Waals surface area contributed by atoms with Gasteiger partial charge in [0.05, 0.1) is 7.11 Å². The molecule has 1 atom stereocenters. The lowest BCUT2D eigenvalue weighted by molar-refractivity contribution is -0.136. The lowest BCUT2D eigenvalue weighted by Gasteiger charge is -2.16. The molecule has 0 radical (unpaired) electrons. The second-order valence-corrected chi connectivity index (χ2v) is 5.68. The van der Waals surface area contributed by atoms with E-state index in [-0.39, 0.29) is 29.7 Å². The summed E-state index contributed by atoms with van der Waals surface area (Å²) >= 11 is 0. The third-order valence-electron chi connectivity index (χ3n) is 4.07. The number of phenolic OH excluding ortho intramolecular Hbond substituents is 1. The second-order valence-electron chi connectivity index (χ2n) is 5.68. The highest BCUT2D eigenvalue weighted by Crippen LogP contribution is 2.45. The number of carbonyl (C=O) groups is 2. The molecule has 0 aliphatic carbocycles. The molecule has 1 heterocycles. The number of carbonyl (C=O) groups excluding carboxylic acids is 1. The highest BCUT2D eigenvalue weighted by Gasteiger charge is 2.37. The van der Waals surface area contributed by atoms with Crippen LogP contribution in [0.1, 0.15) is 53.1 Å². The molecule has 7 nitrogen and oxygen atoms in total. The normalized spacial score (nSPS) is 16.8. The van der Waals surface area contributed by atoms with Gasteiger partial charge in [-0.25, -0.2) is 4.79 Å². The molecule has 7 heteroatoms. The first kappa shape index (κ1) is 17.8. The SMILES string of the molecule is COc1c(C)c2c(c(O)c1C/C=C(\C)CCC(=O)O)C(=O)OC2O. The Morgan fingerprint density at radius 2 is 2.04 bits per heavy atom. The number of methoxy groups -OCH3 is 1. The van der Waals surface area contributed by atoms with Crippen molar-refractivity contribution >= 4 is 11.9 Å². The van der Waals surface area contributed by atoms with Gasteiger partial charge in [0.1, 0.15) is 17.1 Å². The van der Waals surface area contributed by atoms with Gasteiger partial charge in [0.25, 0.3) is 0 Å². The van der Waals surface area contributed by atoms with E-state index in [4.69, 9.17) is 14.6 Å². The molecular formula is C17H20O7. The molecule has 0 amide bonds. The average molecular weight is 336 g/mol. The van der Waals surface area contributed by atoms with Crippen LogP contribution in [0.15, 0.2) is 11.6 Å². The number of phenols is 1. The summed E-state index contributed by atoms with van der Waals surface area (Å²) < 4.78 is 10.1. The van der Waals surface area contributed by atoms with E-state index in [1.54, 1.807) is 19.9 Å². The van der Waals surface area contributed by atoms with Crippen molar-refractivity contribution in [3.63, 3.8) is 0 Å². The standard InChI is InChI=1S/C17H20O7/c1-8(5-7-11(18)19)4-6-10-14(20)13-12(9(2)15(10)23-3)16(21)24-17(13)22/h4,16,20-21H,5-7H2,1-3H3,(H,18,19)/b8-4+. The molecule has 0 saturated heterocycles. The molecule has 24 heavy (non-hydrogen) atoms. The fraction of sp³-hybridized carbons (Fsp3) is 0.412. The summed E-state index contributed by atoms with van der Waals surface area (Å²) in [5, 5.41) is 29.0. The van der Waals surface area contributed by atoms with Crippen molar-refractivity contribution < 1.29 is 34.4 Å². The van der Waals surface area contributed by atoms with Crippen molar-refractivity contribution in [2.24, 2.45) is 0 Å². The van der Waals surface area contributed by atoms with E-state index in [1.807, 2.05) is 0 Å². The zero-order valence-electron chi connectivity index (χ0n) is 13.8. The number of carboxylic acids is 1. The van der Waals surface area contributed by atoms with Gasteiger partial charge in [0.15, 0.2) is 0 Å². The van der Waals surface area contributed by atoms with Gasteiger partial charge in [-0.3, -0.25) is 4.79 Å². The smallest absolute Gasteiger partial charge is 0.345 e. The number of allylic oxidation sites excluding steroid dienone is 2. The van der Waals surface area contributed by atoms with Crippen molar-refractivity contribution in [1.82, 2.24) is 0 Å². The van der Waals surface area contributed by atoms with Gasteiger partial charge in [-0.2, -0.15) is 0 Å². The maximum Gasteiger partial charge on any atom is 0.345 e. The number of rotatable bonds is 6. The number of hydrogen-bond acceptors (Lipinski definition) is 6. The molecule has 0 spiro atoms. The van der Waals surface area contributed by atoms with Crippen molar-refractivity contribution in [2.45, 2.75) is 39.4 Å². The maximum atomic E-state index is 11.9. The number of cyclic esters (lactones) is 1. The first-order valence-electron chi connectivity index (χ1n) is 7.46. The zero-order chi connectivity index (χ0) is 18.0. The average Bonchev–Trinajstić information content (AvgIpc) is 2.82. The first-order valence-corrected chi connectivity index (χ1v) is 7.46. The summed E-state index contributed by atoms with van der Waals surface area (Å²) in [6.45, 7) is 3.47. The Labute approximate surface area is 139 Å². The molecule has 1 unspecified atom stereocenters. The molecule has 1 aliphatic heterocycles. The number of fused-ring (bicyclic) bond motifs is 1. The number of ether oxygens (including phenoxy) is 2. The molecule has 1 aromatic carbocycles. The van der Waals surface area contributed by atoms with E-state index >= 15 is 0 Å². The van der Waals surface area contributed by atoms with E-state index in [0.29, 0.717) is 23.3 Å². The predicted molar refractivity (Wildman–Crippen MR) is 84.1 cm³/mol. The number of aliphatic hydroxyl groups excluding tert-OH is 1. The minimum atomic E-state index is -1.42. The van der Waals surface area contributed by atoms with Gasteiger partial charge in [-0.1, -0.05) is 11.6 Å². The van der Waals surface area contributed by atoms with E-state index in [1.165, 1.54) is 7.11 Å². The van der Waals surface area contributed by atoms with Gasteiger partial charge in [-0.15, -0.1) is 0 Å². The summed E-state index contributed by atoms with van der Waals surface area (Å²) in [5.41, 5.74) is 1.93. The fourth-order valence-corrected chi connectivity index (χ4v) is 2.80. The third-order valence-corrected chi connectivity index (χ3v) is 4.07. The van der Waals surface area contributed by atoms with Crippen LogP contribution in [0.25, 0.3) is 0 Å². The van der Waals surface area contributed by atoms with Gasteiger partial charge < -0.3 is 24.8 Å². The fourth-order valence-electron chi connectivity index (χ4n) is 2.80. The molecule has 1 aromatic rings. The highest BCUT2D eigenvalue weighted by atomic mass is 16.6. The summed E-state index contributed by atoms with van der Waals surface area (Å²) in [4.78, 5) is 22.5. The molecular weight excluding hydrogens is 316 g/mol. The Morgan fingerprint density at radius 1 is 1.38 bits per heavy atom. The molecule has 2 rings (SSSR count). The van der Waals surface area contributed by atoms with Crippen LogP contribution in [0.2, 0.25) is 0 Å². The van der Waals surface area contributed by atoms with E-state index in [2.05, 4.69) is 0 Å². The molecule has 0 saturated carbocycles. The van der Waals surface area contributed by atoms with Crippen molar-refractivity contribution in [1.29, 1.82) is 0 Å². The van der Waals surface area contributed by atoms with Crippen LogP contribution in [0.5, 0.6) is 11.5 Å². The van der Waals surface area contributed by atoms with Crippen LogP contribution in [-0.4, -0.2) is 34.4 Å². The molecule has 0 aromatic heterocycles. The van der Waals surface area contributed by atoms with Gasteiger partial charge >= 0.3 is 11.9 Å². The zero-order valence-corrected chi connectivity index (χ0v) is 13.8. The van der Waals surface area contributed by atoms with Crippen molar-refractivity contribution in [3.8, 4) is 11.5 Å². The van der Waals surface area contributed by atoms with E-state index in [0.717, 1.165) is 5.57 Å². The van der Waals surface area contributed by atoms with Crippen LogP contribution < -0.4 is 4.74 Å². The van der Waals surface area contributed by atoms with Crippen molar-refractivity contribution in [3.05, 3.63) is 33.9 Å². The monoisotopic (exact) mass is 336 g/mol. The topological polar surface area (TPSA) is 113 Å². The minimum Gasteiger partial charge on any atom is -0.507 e. The number of carboxylic acid groups (broad SMARTS) is 1. The van der Waals surface area contributed by atoms with E-state index < -0.39 is 18.2 Å². The molecule has 0 fully saturated rings. The predicted octanol–water partition coefficient (Wildman–Crippen LogP) is 2.22. The maximum absolute atomic E-state index is 11.9. The summed E-state index contributed by atoms with van der Waals surface area (Å²) in [6.07, 6.45) is 1.03. The molecule has 1 aliphatic rings. The Morgan fingerprint density at radius 3 is 2.62 bits per heavy atom. The quantitative estimate of drug-likeness (QED) is 0.539. The largest absolute Gasteiger partial charge is 0.507 e. The lowest BCUT2D eigenvalue weighted by atomic mass is 9.94. The summed E-state index contributed by atoms with van der Waals surface area (Å²) in [6, 6.07) is 0. The lowest BCUT2D eigenvalue weighted by Crippen LogP contribution is -2.04. The molecule has 0 bridgehead atoms. The second kappa shape index (κ2) is 6.92. The van der Waals surface area contributed by atoms with Crippen LogP contribution >= 0.6 is 0 Å².